The quantitative estimate of drug-likeness (QED) is 0.0105. The number of phenols is 1. The molecule has 0 atom stereocenters. The highest BCUT2D eigenvalue weighted by Gasteiger charge is 2.38. The van der Waals surface area contributed by atoms with E-state index in [0.717, 1.165) is 11.4 Å². The molecule has 44 heteroatoms. The van der Waals surface area contributed by atoms with E-state index in [9.17, 15) is 88.6 Å². The molecule has 0 unspecified atom stereocenters. The minimum atomic E-state index is -2.97. The van der Waals surface area contributed by atoms with Gasteiger partial charge in [0.2, 0.25) is 41.4 Å². The number of rotatable bonds is 26. The van der Waals surface area contributed by atoms with Crippen molar-refractivity contribution in [1.29, 1.82) is 0 Å². The summed E-state index contributed by atoms with van der Waals surface area (Å²) >= 11 is 17.3. The first-order valence-corrected chi connectivity index (χ1v) is 38.4. The average Bonchev–Trinajstić information content (AvgIpc) is 1.67. The number of hydrogen-bond acceptors (Lipinski definition) is 16. The van der Waals surface area contributed by atoms with Gasteiger partial charge in [0.05, 0.1) is 64.3 Å². The molecule has 9 aromatic rings. The van der Waals surface area contributed by atoms with Gasteiger partial charge in [0, 0.05) is 112 Å². The van der Waals surface area contributed by atoms with Gasteiger partial charge in [0.15, 0.2) is 17.1 Å². The Labute approximate surface area is 713 Å². The van der Waals surface area contributed by atoms with Gasteiger partial charge in [-0.2, -0.15) is 15.3 Å². The first kappa shape index (κ1) is 96.8. The molecular weight excluding hydrogens is 1700 g/mol. The number of carbonyl (C=O) groups excluding carboxylic acids is 11. The Morgan fingerprint density at radius 3 is 1.33 bits per heavy atom. The molecule has 0 bridgehead atoms. The molecule has 2 aliphatic rings. The molecule has 0 spiro atoms. The number of phenolic OH excluding ortho intramolecular Hbond substituents is 1. The Kier molecular flexibility index (Phi) is 34.3. The Morgan fingerprint density at radius 2 is 0.951 bits per heavy atom. The smallest absolute Gasteiger partial charge is 0.322 e. The predicted molar refractivity (Wildman–Crippen MR) is 439 cm³/mol. The van der Waals surface area contributed by atoms with Gasteiger partial charge in [-0.1, -0.05) is 71.2 Å². The maximum Gasteiger partial charge on any atom is 0.322 e. The number of alkyl halides is 4. The lowest BCUT2D eigenvalue weighted by Crippen LogP contribution is -2.47. The summed E-state index contributed by atoms with van der Waals surface area (Å²) < 4.78 is 97.8. The van der Waals surface area contributed by atoms with Gasteiger partial charge >= 0.3 is 6.03 Å². The van der Waals surface area contributed by atoms with Crippen molar-refractivity contribution in [3.8, 4) is 5.75 Å². The van der Waals surface area contributed by atoms with Crippen LogP contribution in [0.4, 0.5) is 41.2 Å². The predicted octanol–water partition coefficient (Wildman–Crippen LogP) is 10.3. The normalized spacial score (nSPS) is 13.2. The summed E-state index contributed by atoms with van der Waals surface area (Å²) in [5.74, 6) is -13.8. The number of urea groups is 1. The summed E-state index contributed by atoms with van der Waals surface area (Å²) in [6, 6.07) is 24.2. The second kappa shape index (κ2) is 43.2. The zero-order valence-electron chi connectivity index (χ0n) is 66.3. The standard InChI is InChI=1S/C28H31ClF3N7O4.C23H22ClFN8O4.C22H23ClFN5O4.C5H9F2N.ClH/c1-16(2)38(13-22(40)34-12-17-5-3-6-20(29)24(17)30)23(41)14-39-21-8-7-18(11-19(21)25(36-39)26(33)42)35-27(43)37-10-4-9-28(31,32)15-37;1-12(2)32(10-18(34)28-9-14-4-3-5-16(24)20(14)25)19(35)11-33-17-7-6-13(23(37)29-31-27)8-15(17)21(30-33)22(26)36;1-12(2)28(10-18(31)26-9-13-4-3-5-16(23)20(13)24)19(32)11-29-17-8-14(30)6-7-15(17)21(27-29)22(25)33;6-5(7)2-1-3-8-4-5;/h3,5-8,11,16H,4,9-10,12-15H2,1-2H3,(H2,33,42)(H,34,40)(H,35,43);3-8,12H,9-11H2,1-2H3,(H2,26,36)(H,28,34);3-8,12,30H,9-11H2,1-2H3,(H2,25,33)(H,26,31);8H,1-4H2;1H. The molecule has 2 saturated heterocycles. The van der Waals surface area contributed by atoms with Gasteiger partial charge in [-0.3, -0.25) is 62.0 Å². The first-order chi connectivity index (χ1) is 57.1. The third-order valence-corrected chi connectivity index (χ3v) is 19.6. The highest BCUT2D eigenvalue weighted by Crippen LogP contribution is 2.31. The number of amides is 12. The fourth-order valence-corrected chi connectivity index (χ4v) is 13.1. The second-order valence-electron chi connectivity index (χ2n) is 28.5. The molecule has 11 rings (SSSR count). The second-order valence-corrected chi connectivity index (χ2v) is 29.8. The van der Waals surface area contributed by atoms with Crippen molar-refractivity contribution in [3.63, 3.8) is 0 Å². The van der Waals surface area contributed by atoms with Crippen LogP contribution in [0.2, 0.25) is 15.1 Å². The van der Waals surface area contributed by atoms with Crippen molar-refractivity contribution in [1.82, 2.24) is 70.2 Å². The summed E-state index contributed by atoms with van der Waals surface area (Å²) in [6.45, 7) is 8.19. The third-order valence-electron chi connectivity index (χ3n) is 18.7. The van der Waals surface area contributed by atoms with Crippen molar-refractivity contribution in [2.24, 2.45) is 22.3 Å². The number of nitrogens with one attached hydrogen (secondary N) is 5. The van der Waals surface area contributed by atoms with Crippen LogP contribution >= 0.6 is 47.2 Å². The van der Waals surface area contributed by atoms with Crippen LogP contribution in [0.1, 0.15) is 126 Å². The Bertz CT molecular complexity index is 5470. The van der Waals surface area contributed by atoms with Crippen LogP contribution in [0.5, 0.6) is 5.75 Å². The van der Waals surface area contributed by atoms with Gasteiger partial charge in [-0.25, -0.2) is 35.5 Å². The maximum absolute atomic E-state index is 14.2. The minimum Gasteiger partial charge on any atom is -0.508 e. The van der Waals surface area contributed by atoms with E-state index in [4.69, 9.17) is 57.5 Å². The summed E-state index contributed by atoms with van der Waals surface area (Å²) in [5.41, 5.74) is 26.3. The molecule has 33 nitrogen and oxygen atoms in total. The van der Waals surface area contributed by atoms with Gasteiger partial charge in [0.25, 0.3) is 29.6 Å². The van der Waals surface area contributed by atoms with E-state index in [1.54, 1.807) is 59.7 Å². The lowest BCUT2D eigenvalue weighted by atomic mass is 10.1. The number of likely N-dealkylation sites (tertiary alicyclic amines) is 1. The van der Waals surface area contributed by atoms with E-state index in [1.807, 2.05) is 0 Å². The fraction of sp³-hybridized carbons (Fsp3) is 0.359. The van der Waals surface area contributed by atoms with Crippen molar-refractivity contribution >= 4 is 151 Å². The number of anilines is 1. The number of piperidine rings is 2. The van der Waals surface area contributed by atoms with Gasteiger partial charge in [0.1, 0.15) is 42.8 Å². The largest absolute Gasteiger partial charge is 0.508 e. The van der Waals surface area contributed by atoms with Crippen molar-refractivity contribution in [2.75, 3.05) is 51.1 Å². The lowest BCUT2D eigenvalue weighted by molar-refractivity contribution is -0.138. The zero-order chi connectivity index (χ0) is 89.1. The molecule has 652 valence electrons. The highest BCUT2D eigenvalue weighted by atomic mass is 35.5. The SMILES string of the molecule is CC(C)N(CC(=O)NCc1cccc(Cl)c1F)C(=O)Cn1nc(C(N)=O)c2cc(C(=O)N=[N+]=[N-])ccc21.CC(C)N(CC(=O)NCc1cccc(Cl)c1F)C(=O)Cn1nc(C(N)=O)c2cc(NC(=O)N3CCCC(F)(F)C3)ccc21.CC(C)N(CC(=O)NCc1cccc(Cl)c1F)C(=O)Cn1nc(C(N)=O)c2ccc(O)cc21.Cl.FC1(F)CCCNC1. The molecule has 2 aliphatic heterocycles. The Morgan fingerprint density at radius 1 is 0.549 bits per heavy atom. The topological polar surface area (TPSA) is 461 Å². The van der Waals surface area contributed by atoms with Crippen LogP contribution in [0.15, 0.2) is 114 Å². The lowest BCUT2D eigenvalue weighted by Gasteiger charge is -2.32. The number of fused-ring (bicyclic) bond motifs is 3. The third kappa shape index (κ3) is 26.1. The molecule has 122 heavy (non-hydrogen) atoms. The van der Waals surface area contributed by atoms with Gasteiger partial charge in [-0.15, -0.1) is 12.4 Å². The summed E-state index contributed by atoms with van der Waals surface area (Å²) in [4.78, 5) is 145. The summed E-state index contributed by atoms with van der Waals surface area (Å²) in [5, 5.41) is 38.8. The number of nitrogens with zero attached hydrogens (tertiary/aromatic N) is 13. The van der Waals surface area contributed by atoms with E-state index in [2.05, 4.69) is 51.9 Å². The molecule has 5 heterocycles. The van der Waals surface area contributed by atoms with Crippen molar-refractivity contribution in [2.45, 2.75) is 136 Å². The van der Waals surface area contributed by atoms with E-state index < -0.39 is 107 Å². The molecule has 12 amide bonds. The van der Waals surface area contributed by atoms with Crippen molar-refractivity contribution in [3.05, 3.63) is 191 Å². The van der Waals surface area contributed by atoms with E-state index in [-0.39, 0.29) is 192 Å². The number of hydrogen-bond donors (Lipinski definition) is 9. The van der Waals surface area contributed by atoms with E-state index >= 15 is 0 Å². The van der Waals surface area contributed by atoms with Crippen LogP contribution in [0.25, 0.3) is 43.2 Å². The number of halogens is 11. The van der Waals surface area contributed by atoms with E-state index in [1.165, 1.54) is 120 Å². The summed E-state index contributed by atoms with van der Waals surface area (Å²) in [6.07, 6.45) is 0.541. The Hall–Kier alpha value is -12.4. The number of aromatic hydroxyl groups is 1. The van der Waals surface area contributed by atoms with Crippen molar-refractivity contribution < 1.29 is 88.6 Å². The van der Waals surface area contributed by atoms with Crippen LogP contribution in [-0.4, -0.2) is 195 Å². The molecular formula is C78H86Cl4F7N21O12. The van der Waals surface area contributed by atoms with Crippen LogP contribution in [0, 0.1) is 17.5 Å². The van der Waals surface area contributed by atoms with Crippen LogP contribution in [0.3, 0.4) is 0 Å². The van der Waals surface area contributed by atoms with Crippen LogP contribution < -0.4 is 43.8 Å². The monoisotopic (exact) mass is 1780 g/mol. The minimum absolute atomic E-state index is 0. The molecule has 2 fully saturated rings. The number of benzene rings is 6. The molecule has 12 N–H and O–H groups in total. The Balaban J connectivity index is 0.000000241. The molecule has 3 aromatic heterocycles. The van der Waals surface area contributed by atoms with Gasteiger partial charge in [-0.05, 0) is 138 Å². The number of azide groups is 1. The van der Waals surface area contributed by atoms with Crippen LogP contribution in [-0.2, 0) is 68.0 Å². The molecule has 0 aliphatic carbocycles. The highest BCUT2D eigenvalue weighted by molar-refractivity contribution is 6.31. The fourth-order valence-electron chi connectivity index (χ4n) is 12.5. The maximum atomic E-state index is 14.2. The average molecular weight is 1780 g/mol. The van der Waals surface area contributed by atoms with Gasteiger partial charge < -0.3 is 68.5 Å². The summed E-state index contributed by atoms with van der Waals surface area (Å²) in [7, 11) is 0. The number of primary amides is 3. The number of aromatic nitrogens is 6. The molecule has 0 saturated carbocycles. The van der Waals surface area contributed by atoms with E-state index in [0.29, 0.717) is 28.4 Å². The zero-order valence-corrected chi connectivity index (χ0v) is 69.4. The first-order valence-electron chi connectivity index (χ1n) is 37.3. The molecule has 6 aromatic carbocycles. The molecule has 0 radical (unpaired) electrons. The number of nitrogens with two attached hydrogens (primary N) is 3. The number of carbonyl (C=O) groups is 11.